The number of aliphatic hydroxyl groups excluding tert-OH is 1. The maximum Gasteiger partial charge on any atom is 0.326 e. The molecule has 0 aromatic heterocycles. The normalized spacial score (nSPS) is 12.2. The number of benzene rings is 1. The van der Waals surface area contributed by atoms with Crippen LogP contribution in [0.15, 0.2) is 24.3 Å². The van der Waals surface area contributed by atoms with Gasteiger partial charge in [0.15, 0.2) is 0 Å². The lowest BCUT2D eigenvalue weighted by Crippen LogP contribution is -2.44. The molecule has 0 saturated heterocycles. The molecule has 18 heavy (non-hydrogen) atoms. The van der Waals surface area contributed by atoms with E-state index in [9.17, 15) is 9.59 Å². The number of rotatable bonds is 5. The number of carbonyl (C=O) groups excluding carboxylic acids is 1. The molecule has 5 heteroatoms. The predicted molar refractivity (Wildman–Crippen MR) is 66.1 cm³/mol. The Morgan fingerprint density at radius 1 is 1.22 bits per heavy atom. The molecule has 0 spiro atoms. The van der Waals surface area contributed by atoms with Crippen LogP contribution in [0.25, 0.3) is 0 Å². The third-order valence-electron chi connectivity index (χ3n) is 2.62. The topological polar surface area (TPSA) is 86.6 Å². The van der Waals surface area contributed by atoms with E-state index in [0.29, 0.717) is 11.1 Å². The monoisotopic (exact) mass is 251 g/mol. The van der Waals surface area contributed by atoms with Gasteiger partial charge in [0.1, 0.15) is 6.04 Å². The van der Waals surface area contributed by atoms with E-state index in [1.54, 1.807) is 38.1 Å². The second-order valence-electron chi connectivity index (χ2n) is 4.39. The Morgan fingerprint density at radius 2 is 1.78 bits per heavy atom. The number of carboxylic acids is 1. The first kappa shape index (κ1) is 14.2. The van der Waals surface area contributed by atoms with Gasteiger partial charge in [0, 0.05) is 5.56 Å². The molecule has 0 heterocycles. The van der Waals surface area contributed by atoms with Gasteiger partial charge in [-0.05, 0) is 23.6 Å². The molecule has 1 amide bonds. The summed E-state index contributed by atoms with van der Waals surface area (Å²) in [5.74, 6) is -1.67. The summed E-state index contributed by atoms with van der Waals surface area (Å²) in [6.07, 6.45) is 0. The largest absolute Gasteiger partial charge is 0.480 e. The first-order valence-electron chi connectivity index (χ1n) is 5.69. The van der Waals surface area contributed by atoms with Gasteiger partial charge in [-0.1, -0.05) is 26.0 Å². The lowest BCUT2D eigenvalue weighted by Gasteiger charge is -2.17. The minimum atomic E-state index is -1.05. The Hall–Kier alpha value is -1.88. The van der Waals surface area contributed by atoms with Crippen LogP contribution < -0.4 is 5.32 Å². The molecule has 0 aliphatic rings. The van der Waals surface area contributed by atoms with E-state index in [1.165, 1.54) is 0 Å². The minimum Gasteiger partial charge on any atom is -0.480 e. The first-order valence-corrected chi connectivity index (χ1v) is 5.69. The summed E-state index contributed by atoms with van der Waals surface area (Å²) in [5.41, 5.74) is 1.07. The molecule has 0 aliphatic heterocycles. The summed E-state index contributed by atoms with van der Waals surface area (Å²) >= 11 is 0. The number of nitrogens with one attached hydrogen (secondary N) is 1. The van der Waals surface area contributed by atoms with Crippen molar-refractivity contribution in [1.82, 2.24) is 5.32 Å². The van der Waals surface area contributed by atoms with Crippen molar-refractivity contribution in [2.75, 3.05) is 0 Å². The molecule has 0 fully saturated rings. The SMILES string of the molecule is CC(C)[C@H](NC(=O)c1ccc(CO)cc1)C(=O)O. The lowest BCUT2D eigenvalue weighted by atomic mass is 10.0. The molecule has 98 valence electrons. The number of aliphatic hydroxyl groups is 1. The van der Waals surface area contributed by atoms with Gasteiger partial charge in [0.05, 0.1) is 6.61 Å². The molecule has 3 N–H and O–H groups in total. The molecular weight excluding hydrogens is 234 g/mol. The number of carbonyl (C=O) groups is 2. The second kappa shape index (κ2) is 6.16. The van der Waals surface area contributed by atoms with Gasteiger partial charge in [0.2, 0.25) is 0 Å². The third-order valence-corrected chi connectivity index (χ3v) is 2.62. The molecule has 1 aromatic carbocycles. The van der Waals surface area contributed by atoms with Crippen molar-refractivity contribution in [2.24, 2.45) is 5.92 Å². The van der Waals surface area contributed by atoms with E-state index in [2.05, 4.69) is 5.32 Å². The Bertz CT molecular complexity index is 425. The van der Waals surface area contributed by atoms with E-state index in [4.69, 9.17) is 10.2 Å². The van der Waals surface area contributed by atoms with Crippen LogP contribution in [0.5, 0.6) is 0 Å². The second-order valence-corrected chi connectivity index (χ2v) is 4.39. The Balaban J connectivity index is 2.77. The minimum absolute atomic E-state index is 0.0916. The van der Waals surface area contributed by atoms with Crippen LogP contribution in [-0.2, 0) is 11.4 Å². The molecule has 0 radical (unpaired) electrons. The summed E-state index contributed by atoms with van der Waals surface area (Å²) in [7, 11) is 0. The molecular formula is C13H17NO4. The quantitative estimate of drug-likeness (QED) is 0.729. The van der Waals surface area contributed by atoms with E-state index in [-0.39, 0.29) is 12.5 Å². The zero-order valence-corrected chi connectivity index (χ0v) is 10.4. The zero-order valence-electron chi connectivity index (χ0n) is 10.4. The lowest BCUT2D eigenvalue weighted by molar-refractivity contribution is -0.140. The number of hydrogen-bond donors (Lipinski definition) is 3. The van der Waals surface area contributed by atoms with Crippen molar-refractivity contribution >= 4 is 11.9 Å². The molecule has 1 atom stereocenters. The highest BCUT2D eigenvalue weighted by Gasteiger charge is 2.23. The van der Waals surface area contributed by atoms with Crippen LogP contribution in [0.4, 0.5) is 0 Å². The molecule has 0 bridgehead atoms. The smallest absolute Gasteiger partial charge is 0.326 e. The van der Waals surface area contributed by atoms with Crippen LogP contribution in [0.1, 0.15) is 29.8 Å². The number of aliphatic carboxylic acids is 1. The number of amides is 1. The Labute approximate surface area is 105 Å². The van der Waals surface area contributed by atoms with Crippen LogP contribution in [0.2, 0.25) is 0 Å². The fraction of sp³-hybridized carbons (Fsp3) is 0.385. The van der Waals surface area contributed by atoms with Gasteiger partial charge < -0.3 is 15.5 Å². The molecule has 1 aromatic rings. The van der Waals surface area contributed by atoms with Gasteiger partial charge in [-0.3, -0.25) is 4.79 Å². The Kier molecular flexibility index (Phi) is 4.85. The number of hydrogen-bond acceptors (Lipinski definition) is 3. The highest BCUT2D eigenvalue weighted by molar-refractivity contribution is 5.96. The van der Waals surface area contributed by atoms with Gasteiger partial charge in [-0.25, -0.2) is 4.79 Å². The number of carboxylic acid groups (broad SMARTS) is 1. The molecule has 0 saturated carbocycles. The van der Waals surface area contributed by atoms with Gasteiger partial charge in [0.25, 0.3) is 5.91 Å². The molecule has 0 aliphatic carbocycles. The van der Waals surface area contributed by atoms with Crippen LogP contribution in [0.3, 0.4) is 0 Å². The summed E-state index contributed by atoms with van der Waals surface area (Å²) in [6, 6.07) is 5.45. The van der Waals surface area contributed by atoms with Gasteiger partial charge >= 0.3 is 5.97 Å². The molecule has 0 unspecified atom stereocenters. The predicted octanol–water partition coefficient (Wildman–Crippen LogP) is 1.02. The van der Waals surface area contributed by atoms with Gasteiger partial charge in [-0.15, -0.1) is 0 Å². The zero-order chi connectivity index (χ0) is 13.7. The van der Waals surface area contributed by atoms with Gasteiger partial charge in [-0.2, -0.15) is 0 Å². The maximum atomic E-state index is 11.8. The standard InChI is InChI=1S/C13H17NO4/c1-8(2)11(13(17)18)14-12(16)10-5-3-9(7-15)4-6-10/h3-6,8,11,15H,7H2,1-2H3,(H,14,16)(H,17,18)/t11-/m0/s1. The van der Waals surface area contributed by atoms with Crippen molar-refractivity contribution in [3.63, 3.8) is 0 Å². The van der Waals surface area contributed by atoms with E-state index < -0.39 is 17.9 Å². The van der Waals surface area contributed by atoms with E-state index in [0.717, 1.165) is 0 Å². The van der Waals surface area contributed by atoms with Crippen LogP contribution >= 0.6 is 0 Å². The van der Waals surface area contributed by atoms with Crippen molar-refractivity contribution in [2.45, 2.75) is 26.5 Å². The fourth-order valence-corrected chi connectivity index (χ4v) is 1.50. The van der Waals surface area contributed by atoms with Crippen molar-refractivity contribution in [3.05, 3.63) is 35.4 Å². The first-order chi connectivity index (χ1) is 8.45. The van der Waals surface area contributed by atoms with Crippen LogP contribution in [-0.4, -0.2) is 28.1 Å². The summed E-state index contributed by atoms with van der Waals surface area (Å²) in [6.45, 7) is 3.37. The van der Waals surface area contributed by atoms with E-state index >= 15 is 0 Å². The molecule has 1 rings (SSSR count). The summed E-state index contributed by atoms with van der Waals surface area (Å²) in [5, 5.41) is 20.3. The fourth-order valence-electron chi connectivity index (χ4n) is 1.50. The highest BCUT2D eigenvalue weighted by atomic mass is 16.4. The summed E-state index contributed by atoms with van der Waals surface area (Å²) in [4.78, 5) is 22.8. The highest BCUT2D eigenvalue weighted by Crippen LogP contribution is 2.07. The average Bonchev–Trinajstić information content (AvgIpc) is 2.35. The summed E-state index contributed by atoms with van der Waals surface area (Å²) < 4.78 is 0. The average molecular weight is 251 g/mol. The Morgan fingerprint density at radius 3 is 2.17 bits per heavy atom. The van der Waals surface area contributed by atoms with Crippen molar-refractivity contribution in [1.29, 1.82) is 0 Å². The van der Waals surface area contributed by atoms with Crippen molar-refractivity contribution in [3.8, 4) is 0 Å². The third kappa shape index (κ3) is 3.56. The van der Waals surface area contributed by atoms with Crippen molar-refractivity contribution < 1.29 is 19.8 Å². The van der Waals surface area contributed by atoms with E-state index in [1.807, 2.05) is 0 Å². The molecule has 5 nitrogen and oxygen atoms in total. The van der Waals surface area contributed by atoms with Crippen LogP contribution in [0, 0.1) is 5.92 Å². The maximum absolute atomic E-state index is 11.8.